The Morgan fingerprint density at radius 3 is 2.67 bits per heavy atom. The fraction of sp³-hybridized carbons (Fsp3) is 0.500. The molecule has 3 heteroatoms. The third-order valence-corrected chi connectivity index (χ3v) is 2.18. The fourth-order valence-electron chi connectivity index (χ4n) is 1.28. The van der Waals surface area contributed by atoms with Gasteiger partial charge in [0.1, 0.15) is 5.75 Å². The molecule has 1 aromatic carbocycles. The lowest BCUT2D eigenvalue weighted by Gasteiger charge is -2.11. The molecule has 0 fully saturated rings. The number of benzene rings is 1. The molecule has 0 heterocycles. The largest absolute Gasteiger partial charge is 0.467 e. The topological polar surface area (TPSA) is 38.7 Å². The molecule has 0 amide bonds. The van der Waals surface area contributed by atoms with Gasteiger partial charge in [0.2, 0.25) is 0 Å². The molecular formula is C12H18O3. The van der Waals surface area contributed by atoms with Crippen LogP contribution < -0.4 is 4.74 Å². The minimum absolute atomic E-state index is 0.269. The molecule has 0 saturated heterocycles. The number of aryl methyl sites for hydroxylation is 1. The Labute approximate surface area is 90.6 Å². The van der Waals surface area contributed by atoms with E-state index in [0.717, 1.165) is 16.9 Å². The Bertz CT molecular complexity index is 308. The van der Waals surface area contributed by atoms with Gasteiger partial charge in [-0.05, 0) is 44.0 Å². The minimum atomic E-state index is -0.440. The van der Waals surface area contributed by atoms with Gasteiger partial charge in [-0.1, -0.05) is 6.07 Å². The zero-order valence-corrected chi connectivity index (χ0v) is 9.49. The van der Waals surface area contributed by atoms with Crippen molar-refractivity contribution in [1.82, 2.24) is 0 Å². The molecule has 0 bridgehead atoms. The van der Waals surface area contributed by atoms with Crippen LogP contribution in [0.4, 0.5) is 0 Å². The van der Waals surface area contributed by atoms with Crippen LogP contribution in [0.25, 0.3) is 0 Å². The minimum Gasteiger partial charge on any atom is -0.467 e. The monoisotopic (exact) mass is 210 g/mol. The van der Waals surface area contributed by atoms with E-state index < -0.39 is 6.10 Å². The molecule has 0 spiro atoms. The highest BCUT2D eigenvalue weighted by Crippen LogP contribution is 2.22. The second kappa shape index (κ2) is 5.73. The lowest BCUT2D eigenvalue weighted by molar-refractivity contribution is 0.0220. The van der Waals surface area contributed by atoms with Gasteiger partial charge in [0.25, 0.3) is 0 Å². The molecule has 0 aliphatic rings. The van der Waals surface area contributed by atoms with Gasteiger partial charge in [-0.2, -0.15) is 0 Å². The first-order valence-corrected chi connectivity index (χ1v) is 5.14. The third kappa shape index (κ3) is 3.53. The van der Waals surface area contributed by atoms with Gasteiger partial charge in [-0.15, -0.1) is 0 Å². The third-order valence-electron chi connectivity index (χ3n) is 2.18. The highest BCUT2D eigenvalue weighted by molar-refractivity contribution is 5.36. The van der Waals surface area contributed by atoms with Gasteiger partial charge >= 0.3 is 0 Å². The van der Waals surface area contributed by atoms with Crippen molar-refractivity contribution in [1.29, 1.82) is 0 Å². The maximum atomic E-state index is 9.39. The summed E-state index contributed by atoms with van der Waals surface area (Å²) in [4.78, 5) is 0. The summed E-state index contributed by atoms with van der Waals surface area (Å²) < 4.78 is 10.5. The number of hydrogen-bond donors (Lipinski definition) is 1. The van der Waals surface area contributed by atoms with E-state index in [0.29, 0.717) is 6.61 Å². The summed E-state index contributed by atoms with van der Waals surface area (Å²) in [6, 6.07) is 5.64. The molecule has 15 heavy (non-hydrogen) atoms. The SMILES string of the molecule is CCOCOc1ccc([C@H](C)O)cc1C. The van der Waals surface area contributed by atoms with E-state index in [-0.39, 0.29) is 6.79 Å². The quantitative estimate of drug-likeness (QED) is 0.599. The molecule has 1 aromatic rings. The van der Waals surface area contributed by atoms with Gasteiger partial charge in [0.15, 0.2) is 6.79 Å². The zero-order valence-electron chi connectivity index (χ0n) is 9.49. The van der Waals surface area contributed by atoms with Gasteiger partial charge in [-0.25, -0.2) is 0 Å². The Morgan fingerprint density at radius 1 is 1.40 bits per heavy atom. The lowest BCUT2D eigenvalue weighted by Crippen LogP contribution is -2.03. The van der Waals surface area contributed by atoms with Crippen LogP contribution in [0, 0.1) is 6.92 Å². The molecule has 84 valence electrons. The molecule has 1 N–H and O–H groups in total. The van der Waals surface area contributed by atoms with Gasteiger partial charge in [0.05, 0.1) is 6.10 Å². The van der Waals surface area contributed by atoms with E-state index in [2.05, 4.69) is 0 Å². The Balaban J connectivity index is 2.66. The van der Waals surface area contributed by atoms with Crippen molar-refractivity contribution in [2.75, 3.05) is 13.4 Å². The summed E-state index contributed by atoms with van der Waals surface area (Å²) in [5.41, 5.74) is 1.91. The molecule has 1 rings (SSSR count). The van der Waals surface area contributed by atoms with Gasteiger partial charge in [0, 0.05) is 6.61 Å². The van der Waals surface area contributed by atoms with Crippen molar-refractivity contribution in [3.8, 4) is 5.75 Å². The van der Waals surface area contributed by atoms with Crippen molar-refractivity contribution in [3.05, 3.63) is 29.3 Å². The second-order valence-corrected chi connectivity index (χ2v) is 3.46. The molecule has 0 unspecified atom stereocenters. The van der Waals surface area contributed by atoms with E-state index in [1.54, 1.807) is 6.92 Å². The van der Waals surface area contributed by atoms with E-state index in [1.807, 2.05) is 32.0 Å². The van der Waals surface area contributed by atoms with Crippen molar-refractivity contribution in [2.24, 2.45) is 0 Å². The maximum absolute atomic E-state index is 9.39. The number of aliphatic hydroxyl groups is 1. The van der Waals surface area contributed by atoms with E-state index >= 15 is 0 Å². The maximum Gasteiger partial charge on any atom is 0.189 e. The first kappa shape index (κ1) is 12.0. The number of hydrogen-bond acceptors (Lipinski definition) is 3. The molecule has 3 nitrogen and oxygen atoms in total. The summed E-state index contributed by atoms with van der Waals surface area (Å²) >= 11 is 0. The standard InChI is InChI=1S/C12H18O3/c1-4-14-8-15-12-6-5-11(10(3)13)7-9(12)2/h5-7,10,13H,4,8H2,1-3H3/t10-/m0/s1. The van der Waals surface area contributed by atoms with Gasteiger partial charge in [-0.3, -0.25) is 0 Å². The molecule has 0 radical (unpaired) electrons. The van der Waals surface area contributed by atoms with Crippen LogP contribution in [-0.2, 0) is 4.74 Å². The van der Waals surface area contributed by atoms with Crippen LogP contribution in [0.15, 0.2) is 18.2 Å². The van der Waals surface area contributed by atoms with Crippen LogP contribution in [0.3, 0.4) is 0 Å². The normalized spacial score (nSPS) is 12.5. The van der Waals surface area contributed by atoms with E-state index in [9.17, 15) is 5.11 Å². The molecule has 0 aliphatic heterocycles. The lowest BCUT2D eigenvalue weighted by atomic mass is 10.1. The Kier molecular flexibility index (Phi) is 4.59. The summed E-state index contributed by atoms with van der Waals surface area (Å²) in [6.45, 7) is 6.53. The first-order valence-electron chi connectivity index (χ1n) is 5.14. The summed E-state index contributed by atoms with van der Waals surface area (Å²) in [5.74, 6) is 0.799. The van der Waals surface area contributed by atoms with Crippen LogP contribution in [0.1, 0.15) is 31.1 Å². The van der Waals surface area contributed by atoms with E-state index in [1.165, 1.54) is 0 Å². The molecule has 0 aromatic heterocycles. The van der Waals surface area contributed by atoms with Crippen LogP contribution in [0.5, 0.6) is 5.75 Å². The molecule has 0 saturated carbocycles. The Hall–Kier alpha value is -1.06. The fourth-order valence-corrected chi connectivity index (χ4v) is 1.28. The van der Waals surface area contributed by atoms with Gasteiger partial charge < -0.3 is 14.6 Å². The van der Waals surface area contributed by atoms with Crippen molar-refractivity contribution in [2.45, 2.75) is 26.9 Å². The van der Waals surface area contributed by atoms with Crippen LogP contribution >= 0.6 is 0 Å². The smallest absolute Gasteiger partial charge is 0.189 e. The first-order chi connectivity index (χ1) is 7.15. The summed E-state index contributed by atoms with van der Waals surface area (Å²) in [6.07, 6.45) is -0.440. The zero-order chi connectivity index (χ0) is 11.3. The van der Waals surface area contributed by atoms with Crippen LogP contribution in [0.2, 0.25) is 0 Å². The average molecular weight is 210 g/mol. The highest BCUT2D eigenvalue weighted by atomic mass is 16.7. The predicted octanol–water partition coefficient (Wildman–Crippen LogP) is 2.42. The molecular weight excluding hydrogens is 192 g/mol. The van der Waals surface area contributed by atoms with Crippen molar-refractivity contribution >= 4 is 0 Å². The predicted molar refractivity (Wildman–Crippen MR) is 58.9 cm³/mol. The molecule has 0 aliphatic carbocycles. The Morgan fingerprint density at radius 2 is 2.13 bits per heavy atom. The van der Waals surface area contributed by atoms with E-state index in [4.69, 9.17) is 9.47 Å². The van der Waals surface area contributed by atoms with Crippen molar-refractivity contribution in [3.63, 3.8) is 0 Å². The van der Waals surface area contributed by atoms with Crippen molar-refractivity contribution < 1.29 is 14.6 Å². The number of aliphatic hydroxyl groups excluding tert-OH is 1. The second-order valence-electron chi connectivity index (χ2n) is 3.46. The van der Waals surface area contributed by atoms with Crippen LogP contribution in [-0.4, -0.2) is 18.5 Å². The molecule has 1 atom stereocenters. The average Bonchev–Trinajstić information content (AvgIpc) is 2.20. The highest BCUT2D eigenvalue weighted by Gasteiger charge is 2.04. The summed E-state index contributed by atoms with van der Waals surface area (Å²) in [5, 5.41) is 9.39. The number of ether oxygens (including phenoxy) is 2. The number of rotatable bonds is 5. The summed E-state index contributed by atoms with van der Waals surface area (Å²) in [7, 11) is 0.